The van der Waals surface area contributed by atoms with Crippen molar-refractivity contribution in [2.24, 2.45) is 0 Å². The summed E-state index contributed by atoms with van der Waals surface area (Å²) < 4.78 is 0. The first kappa shape index (κ1) is 19.3. The maximum atomic E-state index is 12.8. The summed E-state index contributed by atoms with van der Waals surface area (Å²) in [6.45, 7) is 0. The standard InChI is InChI=1S/C18H22N4O4S/c1-21(12-5-3-2-4-6-12)18(24)15-9-14(22(25)26)16(27-15)13(10-19)17(23)20-11-7-8-11/h9,11-13H,2-8H2,1H3,(H,20,23). The first-order valence-corrected chi connectivity index (χ1v) is 9.99. The van der Waals surface area contributed by atoms with E-state index in [9.17, 15) is 25.0 Å². The lowest BCUT2D eigenvalue weighted by Crippen LogP contribution is -2.37. The molecule has 0 saturated heterocycles. The molecule has 1 aromatic heterocycles. The molecule has 2 fully saturated rings. The van der Waals surface area contributed by atoms with Gasteiger partial charge in [-0.15, -0.1) is 11.3 Å². The first-order valence-electron chi connectivity index (χ1n) is 9.17. The van der Waals surface area contributed by atoms with Crippen LogP contribution in [0, 0.1) is 21.4 Å². The second kappa shape index (κ2) is 8.05. The van der Waals surface area contributed by atoms with Gasteiger partial charge in [-0.2, -0.15) is 5.26 Å². The topological polar surface area (TPSA) is 116 Å². The highest BCUT2D eigenvalue weighted by Gasteiger charge is 2.36. The van der Waals surface area contributed by atoms with E-state index < -0.39 is 16.7 Å². The van der Waals surface area contributed by atoms with Crippen LogP contribution < -0.4 is 5.32 Å². The number of nitrogens with one attached hydrogen (secondary N) is 1. The molecule has 0 spiro atoms. The maximum absolute atomic E-state index is 12.8. The minimum absolute atomic E-state index is 0.0287. The zero-order chi connectivity index (χ0) is 19.6. The fourth-order valence-electron chi connectivity index (χ4n) is 3.41. The van der Waals surface area contributed by atoms with Gasteiger partial charge in [0.25, 0.3) is 11.6 Å². The highest BCUT2D eigenvalue weighted by Crippen LogP contribution is 2.37. The maximum Gasteiger partial charge on any atom is 0.285 e. The third kappa shape index (κ3) is 4.27. The van der Waals surface area contributed by atoms with Crippen molar-refractivity contribution < 1.29 is 14.5 Å². The number of thiophene rings is 1. The van der Waals surface area contributed by atoms with E-state index in [0.29, 0.717) is 0 Å². The predicted molar refractivity (Wildman–Crippen MR) is 99.5 cm³/mol. The molecule has 27 heavy (non-hydrogen) atoms. The average molecular weight is 390 g/mol. The second-order valence-corrected chi connectivity index (χ2v) is 8.25. The molecule has 8 nitrogen and oxygen atoms in total. The number of carbonyl (C=O) groups excluding carboxylic acids is 2. The van der Waals surface area contributed by atoms with E-state index in [1.165, 1.54) is 6.07 Å². The van der Waals surface area contributed by atoms with Crippen LogP contribution in [-0.2, 0) is 4.79 Å². The van der Waals surface area contributed by atoms with E-state index in [4.69, 9.17) is 0 Å². The van der Waals surface area contributed by atoms with Crippen molar-refractivity contribution in [2.45, 2.75) is 62.9 Å². The Labute approximate surface area is 161 Å². The Kier molecular flexibility index (Phi) is 5.75. The molecule has 0 radical (unpaired) electrons. The Morgan fingerprint density at radius 2 is 2.00 bits per heavy atom. The number of hydrogen-bond donors (Lipinski definition) is 1. The number of nitriles is 1. The van der Waals surface area contributed by atoms with Crippen LogP contribution >= 0.6 is 11.3 Å². The molecule has 1 heterocycles. The number of amides is 2. The van der Waals surface area contributed by atoms with Gasteiger partial charge >= 0.3 is 0 Å². The van der Waals surface area contributed by atoms with Crippen molar-refractivity contribution in [1.82, 2.24) is 10.2 Å². The van der Waals surface area contributed by atoms with Crippen molar-refractivity contribution in [3.63, 3.8) is 0 Å². The Hall–Kier alpha value is -2.47. The van der Waals surface area contributed by atoms with E-state index in [1.807, 2.05) is 6.07 Å². The smallest absolute Gasteiger partial charge is 0.285 e. The van der Waals surface area contributed by atoms with Crippen molar-refractivity contribution in [3.05, 3.63) is 25.9 Å². The third-order valence-electron chi connectivity index (χ3n) is 5.17. The summed E-state index contributed by atoms with van der Waals surface area (Å²) in [4.78, 5) is 37.8. The lowest BCUT2D eigenvalue weighted by Gasteiger charge is -2.30. The van der Waals surface area contributed by atoms with E-state index in [0.717, 1.165) is 56.3 Å². The van der Waals surface area contributed by atoms with E-state index in [1.54, 1.807) is 11.9 Å². The summed E-state index contributed by atoms with van der Waals surface area (Å²) in [6.07, 6.45) is 6.85. The Morgan fingerprint density at radius 3 is 2.56 bits per heavy atom. The van der Waals surface area contributed by atoms with Crippen LogP contribution in [0.4, 0.5) is 5.69 Å². The molecule has 3 rings (SSSR count). The SMILES string of the molecule is CN(C(=O)c1cc([N+](=O)[O-])c(C(C#N)C(=O)NC2CC2)s1)C1CCCCC1. The van der Waals surface area contributed by atoms with Gasteiger partial charge in [0.15, 0.2) is 5.92 Å². The van der Waals surface area contributed by atoms with Crippen LogP contribution in [0.5, 0.6) is 0 Å². The molecule has 2 aliphatic carbocycles. The fraction of sp³-hybridized carbons (Fsp3) is 0.611. The molecule has 0 aromatic carbocycles. The number of rotatable bonds is 6. The minimum atomic E-state index is -1.28. The molecule has 144 valence electrons. The van der Waals surface area contributed by atoms with Crippen LogP contribution in [0.25, 0.3) is 0 Å². The van der Waals surface area contributed by atoms with Gasteiger partial charge in [0.2, 0.25) is 5.91 Å². The molecule has 9 heteroatoms. The molecule has 1 N–H and O–H groups in total. The van der Waals surface area contributed by atoms with Crippen molar-refractivity contribution in [1.29, 1.82) is 5.26 Å². The van der Waals surface area contributed by atoms with Gasteiger partial charge in [-0.1, -0.05) is 19.3 Å². The van der Waals surface area contributed by atoms with Gasteiger partial charge in [-0.05, 0) is 25.7 Å². The third-order valence-corrected chi connectivity index (χ3v) is 6.34. The van der Waals surface area contributed by atoms with E-state index in [-0.39, 0.29) is 33.4 Å². The van der Waals surface area contributed by atoms with Crippen LogP contribution in [-0.4, -0.2) is 40.8 Å². The molecule has 0 aliphatic heterocycles. The molecule has 1 aromatic rings. The second-order valence-electron chi connectivity index (χ2n) is 7.17. The summed E-state index contributed by atoms with van der Waals surface area (Å²) in [6, 6.07) is 3.24. The zero-order valence-electron chi connectivity index (χ0n) is 15.1. The molecule has 2 saturated carbocycles. The minimum Gasteiger partial charge on any atom is -0.352 e. The van der Waals surface area contributed by atoms with Gasteiger partial charge in [0.05, 0.1) is 15.9 Å². The number of hydrogen-bond acceptors (Lipinski definition) is 6. The molecular formula is C18H22N4O4S. The summed E-state index contributed by atoms with van der Waals surface area (Å²) in [7, 11) is 1.71. The van der Waals surface area contributed by atoms with E-state index in [2.05, 4.69) is 5.32 Å². The van der Waals surface area contributed by atoms with Gasteiger partial charge < -0.3 is 10.2 Å². The van der Waals surface area contributed by atoms with Crippen LogP contribution in [0.1, 0.15) is 65.4 Å². The highest BCUT2D eigenvalue weighted by molar-refractivity contribution is 7.14. The summed E-state index contributed by atoms with van der Waals surface area (Å²) in [5.41, 5.74) is -0.335. The molecule has 0 bridgehead atoms. The highest BCUT2D eigenvalue weighted by atomic mass is 32.1. The van der Waals surface area contributed by atoms with Gasteiger partial charge in [-0.25, -0.2) is 0 Å². The quantitative estimate of drug-likeness (QED) is 0.592. The normalized spacial score (nSPS) is 18.4. The Balaban J connectivity index is 1.85. The number of nitrogens with zero attached hydrogens (tertiary/aromatic N) is 3. The summed E-state index contributed by atoms with van der Waals surface area (Å²) >= 11 is 0.881. The monoisotopic (exact) mass is 390 g/mol. The Bertz CT molecular complexity index is 790. The molecule has 1 unspecified atom stereocenters. The van der Waals surface area contributed by atoms with Crippen molar-refractivity contribution in [2.75, 3.05) is 7.05 Å². The summed E-state index contributed by atoms with van der Waals surface area (Å²) in [5, 5.41) is 23.6. The fourth-order valence-corrected chi connectivity index (χ4v) is 4.56. The number of nitro groups is 1. The largest absolute Gasteiger partial charge is 0.352 e. The van der Waals surface area contributed by atoms with Crippen LogP contribution in [0.15, 0.2) is 6.07 Å². The summed E-state index contributed by atoms with van der Waals surface area (Å²) in [5.74, 6) is -2.11. The molecule has 2 amide bonds. The lowest BCUT2D eigenvalue weighted by molar-refractivity contribution is -0.385. The molecular weight excluding hydrogens is 368 g/mol. The first-order chi connectivity index (χ1) is 12.9. The predicted octanol–water partition coefficient (Wildman–Crippen LogP) is 2.95. The zero-order valence-corrected chi connectivity index (χ0v) is 16.0. The van der Waals surface area contributed by atoms with E-state index >= 15 is 0 Å². The van der Waals surface area contributed by atoms with Crippen molar-refractivity contribution >= 4 is 28.8 Å². The molecule has 1 atom stereocenters. The van der Waals surface area contributed by atoms with Gasteiger partial charge in [0.1, 0.15) is 4.88 Å². The number of carbonyl (C=O) groups is 2. The Morgan fingerprint density at radius 1 is 1.33 bits per heavy atom. The molecule has 2 aliphatic rings. The van der Waals surface area contributed by atoms with Crippen LogP contribution in [0.3, 0.4) is 0 Å². The van der Waals surface area contributed by atoms with Crippen LogP contribution in [0.2, 0.25) is 0 Å². The lowest BCUT2D eigenvalue weighted by atomic mass is 9.94. The average Bonchev–Trinajstić information content (AvgIpc) is 3.37. The van der Waals surface area contributed by atoms with Gasteiger partial charge in [0, 0.05) is 25.2 Å². The van der Waals surface area contributed by atoms with Gasteiger partial charge in [-0.3, -0.25) is 19.7 Å². The van der Waals surface area contributed by atoms with Crippen molar-refractivity contribution in [3.8, 4) is 6.07 Å².